The molecule has 3 fully saturated rings. The molecule has 3 aliphatic carbocycles. The van der Waals surface area contributed by atoms with Crippen molar-refractivity contribution in [1.82, 2.24) is 0 Å². The van der Waals surface area contributed by atoms with Gasteiger partial charge >= 0.3 is 6.61 Å². The van der Waals surface area contributed by atoms with E-state index in [2.05, 4.69) is 11.7 Å². The molecule has 28 heavy (non-hydrogen) atoms. The largest absolute Gasteiger partial charge is 0.429 e. The summed E-state index contributed by atoms with van der Waals surface area (Å²) in [6.45, 7) is -0.961. The zero-order valence-corrected chi connectivity index (χ0v) is 16.5. The lowest BCUT2D eigenvalue weighted by molar-refractivity contribution is -0.0728. The number of benzene rings is 1. The van der Waals surface area contributed by atoms with Crippen LogP contribution >= 0.6 is 0 Å². The number of alkyl halides is 2. The molecule has 0 saturated heterocycles. The lowest BCUT2D eigenvalue weighted by Gasteiger charge is -2.60. The van der Waals surface area contributed by atoms with Gasteiger partial charge in [-0.3, -0.25) is 0 Å². The molecule has 0 radical (unpaired) electrons. The highest BCUT2D eigenvalue weighted by molar-refractivity contribution is 5.35. The molecule has 3 aliphatic rings. The predicted octanol–water partition coefficient (Wildman–Crippen LogP) is 7.45. The van der Waals surface area contributed by atoms with Crippen LogP contribution in [0.25, 0.3) is 0 Å². The van der Waals surface area contributed by atoms with E-state index in [1.807, 2.05) is 0 Å². The summed E-state index contributed by atoms with van der Waals surface area (Å²) in [6.07, 6.45) is 12.6. The fourth-order valence-corrected chi connectivity index (χ4v) is 6.31. The summed E-state index contributed by atoms with van der Waals surface area (Å²) < 4.78 is 56.4. The van der Waals surface area contributed by atoms with Gasteiger partial charge in [-0.25, -0.2) is 8.78 Å². The molecule has 0 N–H and O–H groups in total. The Hall–Kier alpha value is -1.26. The van der Waals surface area contributed by atoms with Gasteiger partial charge in [0.1, 0.15) is 0 Å². The highest BCUT2D eigenvalue weighted by Gasteiger charge is 2.54. The predicted molar refractivity (Wildman–Crippen MR) is 100 cm³/mol. The Bertz CT molecular complexity index is 659. The molecule has 3 saturated carbocycles. The van der Waals surface area contributed by atoms with E-state index in [4.69, 9.17) is 0 Å². The Labute approximate surface area is 164 Å². The van der Waals surface area contributed by atoms with E-state index in [0.29, 0.717) is 11.0 Å². The third-order valence-electron chi connectivity index (χ3n) is 7.70. The Morgan fingerprint density at radius 2 is 1.57 bits per heavy atom. The standard InChI is InChI=1S/C23H30F4O/c1-2-3-14-4-6-15(7-5-14)17-10-23(11-17)12-18(13-23)16-8-19(24)21(20(25)9-16)28-22(26)27/h8-9,14-15,17-18,22H,2-7,10-13H2,1H3. The van der Waals surface area contributed by atoms with E-state index in [9.17, 15) is 17.6 Å². The maximum Gasteiger partial charge on any atom is 0.387 e. The van der Waals surface area contributed by atoms with Crippen LogP contribution in [0.5, 0.6) is 5.75 Å². The highest BCUT2D eigenvalue weighted by atomic mass is 19.3. The molecule has 1 aromatic carbocycles. The number of ether oxygens (including phenoxy) is 1. The molecule has 5 heteroatoms. The SMILES string of the molecule is CCCC1CCC(C2CC3(CC(c4cc(F)c(OC(F)F)c(F)c4)C3)C2)CC1. The summed E-state index contributed by atoms with van der Waals surface area (Å²) >= 11 is 0. The second-order valence-corrected chi connectivity index (χ2v) is 9.54. The topological polar surface area (TPSA) is 9.23 Å². The fourth-order valence-electron chi connectivity index (χ4n) is 6.31. The van der Waals surface area contributed by atoms with E-state index in [0.717, 1.165) is 30.6 Å². The van der Waals surface area contributed by atoms with Crippen molar-refractivity contribution in [2.75, 3.05) is 0 Å². The average Bonchev–Trinajstić information content (AvgIpc) is 2.57. The molecule has 1 aromatic rings. The van der Waals surface area contributed by atoms with E-state index < -0.39 is 24.0 Å². The van der Waals surface area contributed by atoms with Gasteiger partial charge in [-0.15, -0.1) is 0 Å². The lowest BCUT2D eigenvalue weighted by Crippen LogP contribution is -2.49. The minimum atomic E-state index is -3.23. The molecular formula is C23H30F4O. The molecule has 4 rings (SSSR count). The van der Waals surface area contributed by atoms with Crippen molar-refractivity contribution in [3.05, 3.63) is 29.3 Å². The highest BCUT2D eigenvalue weighted by Crippen LogP contribution is 2.66. The van der Waals surface area contributed by atoms with Crippen LogP contribution in [0.3, 0.4) is 0 Å². The monoisotopic (exact) mass is 398 g/mol. The minimum Gasteiger partial charge on any atom is -0.429 e. The van der Waals surface area contributed by atoms with Crippen molar-refractivity contribution < 1.29 is 22.3 Å². The molecule has 0 unspecified atom stereocenters. The van der Waals surface area contributed by atoms with Crippen LogP contribution in [0, 0.1) is 34.8 Å². The van der Waals surface area contributed by atoms with Gasteiger partial charge in [-0.2, -0.15) is 8.78 Å². The first-order chi connectivity index (χ1) is 13.4. The molecular weight excluding hydrogens is 368 g/mol. The molecule has 0 aromatic heterocycles. The summed E-state index contributed by atoms with van der Waals surface area (Å²) in [5.41, 5.74) is 0.937. The van der Waals surface area contributed by atoms with Gasteiger partial charge in [0.25, 0.3) is 0 Å². The quantitative estimate of drug-likeness (QED) is 0.452. The Kier molecular flexibility index (Phi) is 5.63. The normalized spacial score (nSPS) is 34.9. The summed E-state index contributed by atoms with van der Waals surface area (Å²) in [6, 6.07) is 2.34. The number of hydrogen-bond acceptors (Lipinski definition) is 1. The molecule has 0 bridgehead atoms. The zero-order chi connectivity index (χ0) is 19.9. The fraction of sp³-hybridized carbons (Fsp3) is 0.739. The molecule has 0 aliphatic heterocycles. The van der Waals surface area contributed by atoms with Crippen LogP contribution in [0.4, 0.5) is 17.6 Å². The molecule has 0 amide bonds. The van der Waals surface area contributed by atoms with Crippen molar-refractivity contribution in [2.45, 2.75) is 83.7 Å². The van der Waals surface area contributed by atoms with Gasteiger partial charge in [0.15, 0.2) is 17.4 Å². The molecule has 1 nitrogen and oxygen atoms in total. The summed E-state index contributed by atoms with van der Waals surface area (Å²) in [5.74, 6) is -0.276. The first-order valence-corrected chi connectivity index (χ1v) is 10.8. The van der Waals surface area contributed by atoms with Crippen molar-refractivity contribution in [2.24, 2.45) is 23.2 Å². The van der Waals surface area contributed by atoms with E-state index >= 15 is 0 Å². The second kappa shape index (κ2) is 7.87. The van der Waals surface area contributed by atoms with Gasteiger partial charge in [0.05, 0.1) is 0 Å². The lowest BCUT2D eigenvalue weighted by atomic mass is 9.45. The summed E-state index contributed by atoms with van der Waals surface area (Å²) in [5, 5.41) is 0. The Morgan fingerprint density at radius 3 is 2.11 bits per heavy atom. The Balaban J connectivity index is 1.28. The molecule has 0 heterocycles. The second-order valence-electron chi connectivity index (χ2n) is 9.54. The van der Waals surface area contributed by atoms with E-state index in [1.54, 1.807) is 0 Å². The van der Waals surface area contributed by atoms with Gasteiger partial charge in [-0.05, 0) is 85.3 Å². The van der Waals surface area contributed by atoms with Crippen LogP contribution in [0.2, 0.25) is 0 Å². The summed E-state index contributed by atoms with van der Waals surface area (Å²) in [7, 11) is 0. The molecule has 0 atom stereocenters. The van der Waals surface area contributed by atoms with Crippen molar-refractivity contribution in [3.63, 3.8) is 0 Å². The smallest absolute Gasteiger partial charge is 0.387 e. The maximum atomic E-state index is 14.0. The van der Waals surface area contributed by atoms with Gasteiger partial charge in [0, 0.05) is 0 Å². The zero-order valence-electron chi connectivity index (χ0n) is 16.5. The summed E-state index contributed by atoms with van der Waals surface area (Å²) in [4.78, 5) is 0. The van der Waals surface area contributed by atoms with Crippen LogP contribution in [0.1, 0.15) is 82.6 Å². The van der Waals surface area contributed by atoms with Gasteiger partial charge < -0.3 is 4.74 Å². The number of rotatable bonds is 6. The van der Waals surface area contributed by atoms with Crippen LogP contribution in [0.15, 0.2) is 12.1 Å². The third-order valence-corrected chi connectivity index (χ3v) is 7.70. The van der Waals surface area contributed by atoms with Gasteiger partial charge in [-0.1, -0.05) is 32.6 Å². The van der Waals surface area contributed by atoms with Crippen LogP contribution in [-0.4, -0.2) is 6.61 Å². The number of hydrogen-bond donors (Lipinski definition) is 0. The van der Waals surface area contributed by atoms with Crippen molar-refractivity contribution in [1.29, 1.82) is 0 Å². The third kappa shape index (κ3) is 3.91. The van der Waals surface area contributed by atoms with E-state index in [1.165, 1.54) is 63.5 Å². The average molecular weight is 398 g/mol. The Morgan fingerprint density at radius 1 is 0.964 bits per heavy atom. The first kappa shape index (κ1) is 20.0. The molecule has 1 spiro atoms. The van der Waals surface area contributed by atoms with Crippen molar-refractivity contribution in [3.8, 4) is 5.75 Å². The van der Waals surface area contributed by atoms with Gasteiger partial charge in [0.2, 0.25) is 0 Å². The number of halogens is 4. The maximum absolute atomic E-state index is 14.0. The van der Waals surface area contributed by atoms with Crippen LogP contribution in [-0.2, 0) is 0 Å². The minimum absolute atomic E-state index is 0.130. The first-order valence-electron chi connectivity index (χ1n) is 10.8. The van der Waals surface area contributed by atoms with E-state index in [-0.39, 0.29) is 5.92 Å². The van der Waals surface area contributed by atoms with Crippen molar-refractivity contribution >= 4 is 0 Å². The molecule has 156 valence electrons. The van der Waals surface area contributed by atoms with Crippen LogP contribution < -0.4 is 4.74 Å².